The number of piperidine rings is 1. The van der Waals surface area contributed by atoms with Crippen molar-refractivity contribution < 1.29 is 17.9 Å². The number of aryl methyl sites for hydroxylation is 2. The Morgan fingerprint density at radius 1 is 1.10 bits per heavy atom. The highest BCUT2D eigenvalue weighted by Gasteiger charge is 2.23. The van der Waals surface area contributed by atoms with E-state index in [2.05, 4.69) is 16.9 Å². The molecule has 0 atom stereocenters. The van der Waals surface area contributed by atoms with E-state index < -0.39 is 10.0 Å². The van der Waals surface area contributed by atoms with Crippen LogP contribution in [0.25, 0.3) is 0 Å². The minimum Gasteiger partial charge on any atom is -0.497 e. The number of likely N-dealkylation sites (tertiary alicyclic amines) is 1. The van der Waals surface area contributed by atoms with Gasteiger partial charge in [0.1, 0.15) is 5.75 Å². The molecule has 2 aromatic carbocycles. The molecule has 1 heterocycles. The topological polar surface area (TPSA) is 75.7 Å². The van der Waals surface area contributed by atoms with Crippen LogP contribution in [0, 0.1) is 19.8 Å². The Morgan fingerprint density at radius 3 is 2.39 bits per heavy atom. The second-order valence-corrected chi connectivity index (χ2v) is 10.0. The summed E-state index contributed by atoms with van der Waals surface area (Å²) in [6, 6.07) is 13.4. The van der Waals surface area contributed by atoms with Crippen molar-refractivity contribution in [3.05, 3.63) is 59.2 Å². The van der Waals surface area contributed by atoms with Crippen molar-refractivity contribution in [1.82, 2.24) is 9.62 Å². The third-order valence-electron chi connectivity index (χ3n) is 5.90. The van der Waals surface area contributed by atoms with Crippen LogP contribution in [0.2, 0.25) is 0 Å². The molecule has 1 aliphatic heterocycles. The Kier molecular flexibility index (Phi) is 7.73. The Labute approximate surface area is 185 Å². The molecule has 1 amide bonds. The summed E-state index contributed by atoms with van der Waals surface area (Å²) < 4.78 is 32.8. The fourth-order valence-corrected chi connectivity index (χ4v) is 5.37. The summed E-state index contributed by atoms with van der Waals surface area (Å²) in [5.41, 5.74) is 3.01. The zero-order valence-corrected chi connectivity index (χ0v) is 19.4. The maximum Gasteiger partial charge on any atom is 0.240 e. The number of carbonyl (C=O) groups excluding carboxylic acids is 1. The smallest absolute Gasteiger partial charge is 0.240 e. The van der Waals surface area contributed by atoms with Gasteiger partial charge in [-0.2, -0.15) is 0 Å². The summed E-state index contributed by atoms with van der Waals surface area (Å²) in [4.78, 5) is 14.7. The first-order chi connectivity index (χ1) is 14.8. The summed E-state index contributed by atoms with van der Waals surface area (Å²) in [6.07, 6.45) is 3.10. The number of amides is 1. The van der Waals surface area contributed by atoms with Crippen LogP contribution in [-0.2, 0) is 21.2 Å². The largest absolute Gasteiger partial charge is 0.497 e. The number of hydrogen-bond donors (Lipinski definition) is 1. The monoisotopic (exact) mass is 444 g/mol. The molecule has 1 fully saturated rings. The van der Waals surface area contributed by atoms with E-state index in [1.807, 2.05) is 30.0 Å². The van der Waals surface area contributed by atoms with Gasteiger partial charge in [0.15, 0.2) is 0 Å². The van der Waals surface area contributed by atoms with Crippen LogP contribution in [0.1, 0.15) is 36.0 Å². The SMILES string of the molecule is COc1ccc(CC2CCN(C(=O)CCNS(=O)(=O)c3ccc(C)cc3C)CC2)cc1. The highest BCUT2D eigenvalue weighted by atomic mass is 32.2. The second-order valence-electron chi connectivity index (χ2n) is 8.29. The predicted octanol–water partition coefficient (Wildman–Crippen LogP) is 3.46. The van der Waals surface area contributed by atoms with Crippen LogP contribution in [0.4, 0.5) is 0 Å². The lowest BCUT2D eigenvalue weighted by Gasteiger charge is -2.32. The van der Waals surface area contributed by atoms with Crippen molar-refractivity contribution in [2.45, 2.75) is 44.4 Å². The van der Waals surface area contributed by atoms with E-state index in [4.69, 9.17) is 4.74 Å². The van der Waals surface area contributed by atoms with Crippen molar-refractivity contribution in [2.24, 2.45) is 5.92 Å². The normalized spacial score (nSPS) is 15.1. The Balaban J connectivity index is 1.43. The van der Waals surface area contributed by atoms with Crippen LogP contribution in [0.5, 0.6) is 5.75 Å². The van der Waals surface area contributed by atoms with Gasteiger partial charge in [-0.05, 0) is 68.4 Å². The van der Waals surface area contributed by atoms with Crippen molar-refractivity contribution in [3.63, 3.8) is 0 Å². The first-order valence-electron chi connectivity index (χ1n) is 10.8. The van der Waals surface area contributed by atoms with E-state index in [0.29, 0.717) is 11.5 Å². The van der Waals surface area contributed by atoms with Gasteiger partial charge in [0, 0.05) is 26.1 Å². The molecule has 0 unspecified atom stereocenters. The molecule has 0 saturated carbocycles. The van der Waals surface area contributed by atoms with Gasteiger partial charge in [0.25, 0.3) is 0 Å². The highest BCUT2D eigenvalue weighted by molar-refractivity contribution is 7.89. The number of ether oxygens (including phenoxy) is 1. The lowest BCUT2D eigenvalue weighted by Crippen LogP contribution is -2.40. The molecule has 168 valence electrons. The molecule has 1 aliphatic rings. The van der Waals surface area contributed by atoms with Crippen LogP contribution in [-0.4, -0.2) is 46.0 Å². The fourth-order valence-electron chi connectivity index (χ4n) is 4.11. The quantitative estimate of drug-likeness (QED) is 0.677. The average Bonchev–Trinajstić information content (AvgIpc) is 2.74. The van der Waals surface area contributed by atoms with Gasteiger partial charge in [-0.15, -0.1) is 0 Å². The van der Waals surface area contributed by atoms with E-state index >= 15 is 0 Å². The first-order valence-corrected chi connectivity index (χ1v) is 12.2. The van der Waals surface area contributed by atoms with Gasteiger partial charge < -0.3 is 9.64 Å². The number of carbonyl (C=O) groups is 1. The van der Waals surface area contributed by atoms with E-state index in [-0.39, 0.29) is 23.8 Å². The van der Waals surface area contributed by atoms with E-state index in [9.17, 15) is 13.2 Å². The lowest BCUT2D eigenvalue weighted by molar-refractivity contribution is -0.132. The molecule has 3 rings (SSSR count). The zero-order chi connectivity index (χ0) is 22.4. The van der Waals surface area contributed by atoms with E-state index in [0.717, 1.165) is 43.7 Å². The Bertz CT molecular complexity index is 995. The number of sulfonamides is 1. The van der Waals surface area contributed by atoms with E-state index in [1.165, 1.54) is 5.56 Å². The maximum atomic E-state index is 12.5. The van der Waals surface area contributed by atoms with Gasteiger partial charge in [-0.25, -0.2) is 13.1 Å². The molecule has 0 bridgehead atoms. The van der Waals surface area contributed by atoms with Crippen molar-refractivity contribution in [2.75, 3.05) is 26.7 Å². The number of methoxy groups -OCH3 is 1. The zero-order valence-electron chi connectivity index (χ0n) is 18.6. The molecule has 1 saturated heterocycles. The van der Waals surface area contributed by atoms with Crippen molar-refractivity contribution in [3.8, 4) is 5.75 Å². The predicted molar refractivity (Wildman–Crippen MR) is 122 cm³/mol. The molecular weight excluding hydrogens is 412 g/mol. The minimum atomic E-state index is -3.61. The van der Waals surface area contributed by atoms with Crippen LogP contribution in [0.15, 0.2) is 47.4 Å². The number of nitrogens with zero attached hydrogens (tertiary/aromatic N) is 1. The second kappa shape index (κ2) is 10.3. The molecule has 0 aromatic heterocycles. The number of nitrogens with one attached hydrogen (secondary N) is 1. The first kappa shape index (κ1) is 23.3. The average molecular weight is 445 g/mol. The molecule has 0 spiro atoms. The third kappa shape index (κ3) is 6.31. The molecule has 0 radical (unpaired) electrons. The standard InChI is InChI=1S/C24H32N2O4S/c1-18-4-9-23(19(2)16-18)31(28,29)25-13-10-24(27)26-14-11-21(12-15-26)17-20-5-7-22(30-3)8-6-20/h4-9,16,21,25H,10-15,17H2,1-3H3. The molecule has 0 aliphatic carbocycles. The minimum absolute atomic E-state index is 0.00576. The lowest BCUT2D eigenvalue weighted by atomic mass is 9.90. The van der Waals surface area contributed by atoms with Gasteiger partial charge >= 0.3 is 0 Å². The fraction of sp³-hybridized carbons (Fsp3) is 0.458. The van der Waals surface area contributed by atoms with Gasteiger partial charge in [0.2, 0.25) is 15.9 Å². The van der Waals surface area contributed by atoms with Crippen molar-refractivity contribution >= 4 is 15.9 Å². The Morgan fingerprint density at radius 2 is 1.77 bits per heavy atom. The third-order valence-corrected chi connectivity index (χ3v) is 7.52. The number of rotatable bonds is 8. The number of benzene rings is 2. The van der Waals surface area contributed by atoms with E-state index in [1.54, 1.807) is 26.2 Å². The maximum absolute atomic E-state index is 12.5. The summed E-state index contributed by atoms with van der Waals surface area (Å²) in [7, 11) is -1.95. The van der Waals surface area contributed by atoms with Gasteiger partial charge in [-0.1, -0.05) is 29.8 Å². The molecule has 1 N–H and O–H groups in total. The molecule has 6 nitrogen and oxygen atoms in total. The summed E-state index contributed by atoms with van der Waals surface area (Å²) in [5.74, 6) is 1.42. The van der Waals surface area contributed by atoms with Crippen molar-refractivity contribution in [1.29, 1.82) is 0 Å². The van der Waals surface area contributed by atoms with Crippen LogP contribution >= 0.6 is 0 Å². The summed E-state index contributed by atoms with van der Waals surface area (Å²) >= 11 is 0. The molecule has 31 heavy (non-hydrogen) atoms. The number of hydrogen-bond acceptors (Lipinski definition) is 4. The molecular formula is C24H32N2O4S. The molecule has 7 heteroatoms. The molecule has 2 aromatic rings. The Hall–Kier alpha value is -2.38. The van der Waals surface area contributed by atoms with Gasteiger partial charge in [-0.3, -0.25) is 4.79 Å². The van der Waals surface area contributed by atoms with Gasteiger partial charge in [0.05, 0.1) is 12.0 Å². The van der Waals surface area contributed by atoms with Crippen LogP contribution in [0.3, 0.4) is 0 Å². The highest BCUT2D eigenvalue weighted by Crippen LogP contribution is 2.23. The van der Waals surface area contributed by atoms with Crippen LogP contribution < -0.4 is 9.46 Å². The summed E-state index contributed by atoms with van der Waals surface area (Å²) in [5, 5.41) is 0. The summed E-state index contributed by atoms with van der Waals surface area (Å²) in [6.45, 7) is 5.27.